The fourth-order valence-electron chi connectivity index (χ4n) is 2.25. The van der Waals surface area contributed by atoms with Crippen LogP contribution < -0.4 is 16.0 Å². The first kappa shape index (κ1) is 18.2. The first-order valence-electron chi connectivity index (χ1n) is 8.34. The molecule has 1 saturated carbocycles. The molecular weight excluding hydrogens is 308 g/mol. The van der Waals surface area contributed by atoms with Crippen molar-refractivity contribution in [3.63, 3.8) is 0 Å². The molecule has 2 rings (SSSR count). The molecule has 1 aromatic carbocycles. The van der Waals surface area contributed by atoms with E-state index in [0.29, 0.717) is 23.8 Å². The van der Waals surface area contributed by atoms with Gasteiger partial charge in [-0.05, 0) is 58.7 Å². The number of nitro groups is 1. The SMILES string of the molecule is CC(C)(C)NCCCNC(=O)c1ccc(NC2CC2)c([N+](=O)[O-])c1. The van der Waals surface area contributed by atoms with E-state index in [4.69, 9.17) is 0 Å². The second-order valence-corrected chi connectivity index (χ2v) is 7.19. The van der Waals surface area contributed by atoms with Crippen LogP contribution in [-0.4, -0.2) is 35.5 Å². The number of nitrogens with zero attached hydrogens (tertiary/aromatic N) is 1. The van der Waals surface area contributed by atoms with Crippen molar-refractivity contribution in [2.24, 2.45) is 0 Å². The van der Waals surface area contributed by atoms with E-state index in [1.54, 1.807) is 12.1 Å². The van der Waals surface area contributed by atoms with E-state index >= 15 is 0 Å². The topological polar surface area (TPSA) is 96.3 Å². The number of rotatable bonds is 8. The van der Waals surface area contributed by atoms with Gasteiger partial charge in [-0.1, -0.05) is 0 Å². The lowest BCUT2D eigenvalue weighted by molar-refractivity contribution is -0.384. The molecule has 24 heavy (non-hydrogen) atoms. The molecular formula is C17H26N4O3. The smallest absolute Gasteiger partial charge is 0.293 e. The molecule has 0 bridgehead atoms. The predicted molar refractivity (Wildman–Crippen MR) is 94.4 cm³/mol. The number of amides is 1. The summed E-state index contributed by atoms with van der Waals surface area (Å²) in [7, 11) is 0. The van der Waals surface area contributed by atoms with Gasteiger partial charge in [-0.15, -0.1) is 0 Å². The zero-order valence-electron chi connectivity index (χ0n) is 14.5. The summed E-state index contributed by atoms with van der Waals surface area (Å²) >= 11 is 0. The summed E-state index contributed by atoms with van der Waals surface area (Å²) in [4.78, 5) is 22.9. The zero-order chi connectivity index (χ0) is 17.7. The highest BCUT2D eigenvalue weighted by Gasteiger charge is 2.25. The number of carbonyl (C=O) groups is 1. The van der Waals surface area contributed by atoms with Gasteiger partial charge < -0.3 is 16.0 Å². The maximum absolute atomic E-state index is 12.2. The lowest BCUT2D eigenvalue weighted by Gasteiger charge is -2.20. The van der Waals surface area contributed by atoms with Gasteiger partial charge in [0, 0.05) is 29.8 Å². The number of anilines is 1. The Morgan fingerprint density at radius 3 is 2.58 bits per heavy atom. The molecule has 3 N–H and O–H groups in total. The van der Waals surface area contributed by atoms with Gasteiger partial charge in [0.05, 0.1) is 4.92 Å². The molecule has 0 unspecified atom stereocenters. The van der Waals surface area contributed by atoms with Gasteiger partial charge in [-0.2, -0.15) is 0 Å². The van der Waals surface area contributed by atoms with E-state index in [1.165, 1.54) is 6.07 Å². The van der Waals surface area contributed by atoms with Gasteiger partial charge in [-0.3, -0.25) is 14.9 Å². The molecule has 1 aromatic rings. The van der Waals surface area contributed by atoms with Crippen LogP contribution >= 0.6 is 0 Å². The molecule has 0 spiro atoms. The van der Waals surface area contributed by atoms with E-state index in [2.05, 4.69) is 36.7 Å². The van der Waals surface area contributed by atoms with Crippen LogP contribution in [0.1, 0.15) is 50.4 Å². The number of hydrogen-bond acceptors (Lipinski definition) is 5. The third-order valence-corrected chi connectivity index (χ3v) is 3.69. The number of nitrogens with one attached hydrogen (secondary N) is 3. The Bertz CT molecular complexity index is 606. The highest BCUT2D eigenvalue weighted by atomic mass is 16.6. The average Bonchev–Trinajstić information content (AvgIpc) is 3.29. The quantitative estimate of drug-likeness (QED) is 0.386. The Labute approximate surface area is 142 Å². The normalized spacial score (nSPS) is 14.3. The van der Waals surface area contributed by atoms with Gasteiger partial charge in [0.2, 0.25) is 0 Å². The Morgan fingerprint density at radius 2 is 2.00 bits per heavy atom. The largest absolute Gasteiger partial charge is 0.377 e. The number of hydrogen-bond donors (Lipinski definition) is 3. The van der Waals surface area contributed by atoms with E-state index in [0.717, 1.165) is 25.8 Å². The van der Waals surface area contributed by atoms with Crippen LogP contribution in [0.2, 0.25) is 0 Å². The van der Waals surface area contributed by atoms with Crippen LogP contribution in [0, 0.1) is 10.1 Å². The second-order valence-electron chi connectivity index (χ2n) is 7.19. The van der Waals surface area contributed by atoms with Crippen LogP contribution in [0.25, 0.3) is 0 Å². The summed E-state index contributed by atoms with van der Waals surface area (Å²) < 4.78 is 0. The molecule has 0 heterocycles. The van der Waals surface area contributed by atoms with E-state index < -0.39 is 4.92 Å². The monoisotopic (exact) mass is 334 g/mol. The minimum atomic E-state index is -0.450. The number of benzene rings is 1. The maximum atomic E-state index is 12.2. The maximum Gasteiger partial charge on any atom is 0.293 e. The highest BCUT2D eigenvalue weighted by molar-refractivity contribution is 5.95. The lowest BCUT2D eigenvalue weighted by Crippen LogP contribution is -2.37. The van der Waals surface area contributed by atoms with Gasteiger partial charge >= 0.3 is 0 Å². The van der Waals surface area contributed by atoms with Gasteiger partial charge in [0.25, 0.3) is 11.6 Å². The van der Waals surface area contributed by atoms with Crippen molar-refractivity contribution in [3.8, 4) is 0 Å². The van der Waals surface area contributed by atoms with Crippen molar-refractivity contribution in [2.45, 2.75) is 51.6 Å². The lowest BCUT2D eigenvalue weighted by atomic mass is 10.1. The van der Waals surface area contributed by atoms with Crippen LogP contribution in [0.5, 0.6) is 0 Å². The molecule has 1 fully saturated rings. The van der Waals surface area contributed by atoms with Gasteiger partial charge in [-0.25, -0.2) is 0 Å². The molecule has 132 valence electrons. The van der Waals surface area contributed by atoms with Crippen LogP contribution in [0.15, 0.2) is 18.2 Å². The van der Waals surface area contributed by atoms with E-state index in [9.17, 15) is 14.9 Å². The second kappa shape index (κ2) is 7.61. The van der Waals surface area contributed by atoms with Crippen molar-refractivity contribution >= 4 is 17.3 Å². The molecule has 7 nitrogen and oxygen atoms in total. The predicted octanol–water partition coefficient (Wildman–Crippen LogP) is 2.68. The minimum Gasteiger partial charge on any atom is -0.377 e. The molecule has 1 aliphatic rings. The molecule has 0 aromatic heterocycles. The Hall–Kier alpha value is -2.15. The first-order chi connectivity index (χ1) is 11.3. The summed E-state index contributed by atoms with van der Waals surface area (Å²) in [6.07, 6.45) is 2.86. The molecule has 0 aliphatic heterocycles. The minimum absolute atomic E-state index is 0.0506. The third-order valence-electron chi connectivity index (χ3n) is 3.69. The number of nitro benzene ring substituents is 1. The van der Waals surface area contributed by atoms with Crippen molar-refractivity contribution in [2.75, 3.05) is 18.4 Å². The molecule has 1 amide bonds. The first-order valence-corrected chi connectivity index (χ1v) is 8.34. The van der Waals surface area contributed by atoms with Crippen molar-refractivity contribution in [3.05, 3.63) is 33.9 Å². The molecule has 0 saturated heterocycles. The molecule has 7 heteroatoms. The van der Waals surface area contributed by atoms with Crippen molar-refractivity contribution < 1.29 is 9.72 Å². The number of carbonyl (C=O) groups excluding carboxylic acids is 1. The Kier molecular flexibility index (Phi) is 5.77. The summed E-state index contributed by atoms with van der Waals surface area (Å²) in [6, 6.07) is 4.90. The summed E-state index contributed by atoms with van der Waals surface area (Å²) in [5.74, 6) is -0.285. The van der Waals surface area contributed by atoms with Crippen molar-refractivity contribution in [1.82, 2.24) is 10.6 Å². The highest BCUT2D eigenvalue weighted by Crippen LogP contribution is 2.31. The average molecular weight is 334 g/mol. The third kappa shape index (κ3) is 5.81. The summed E-state index contributed by atoms with van der Waals surface area (Å²) in [6.45, 7) is 7.58. The molecule has 0 radical (unpaired) electrons. The van der Waals surface area contributed by atoms with E-state index in [1.807, 2.05) is 0 Å². The van der Waals surface area contributed by atoms with E-state index in [-0.39, 0.29) is 17.1 Å². The summed E-state index contributed by atoms with van der Waals surface area (Å²) in [5, 5.41) is 20.5. The Morgan fingerprint density at radius 1 is 1.29 bits per heavy atom. The van der Waals surface area contributed by atoms with Crippen molar-refractivity contribution in [1.29, 1.82) is 0 Å². The molecule has 1 aliphatic carbocycles. The molecule has 0 atom stereocenters. The fraction of sp³-hybridized carbons (Fsp3) is 0.588. The zero-order valence-corrected chi connectivity index (χ0v) is 14.5. The standard InChI is InChI=1S/C17H26N4O3/c1-17(2,3)19-10-4-9-18-16(22)12-5-8-14(20-13-6-7-13)15(11-12)21(23)24/h5,8,11,13,19-20H,4,6-7,9-10H2,1-3H3,(H,18,22). The fourth-order valence-corrected chi connectivity index (χ4v) is 2.25. The van der Waals surface area contributed by atoms with Gasteiger partial charge in [0.15, 0.2) is 0 Å². The van der Waals surface area contributed by atoms with Crippen LogP contribution in [0.3, 0.4) is 0 Å². The van der Waals surface area contributed by atoms with Gasteiger partial charge in [0.1, 0.15) is 5.69 Å². The van der Waals surface area contributed by atoms with Crippen LogP contribution in [-0.2, 0) is 0 Å². The van der Waals surface area contributed by atoms with Crippen LogP contribution in [0.4, 0.5) is 11.4 Å². The Balaban J connectivity index is 1.89. The summed E-state index contributed by atoms with van der Waals surface area (Å²) in [5.41, 5.74) is 0.791.